The van der Waals surface area contributed by atoms with Gasteiger partial charge in [0, 0.05) is 4.47 Å². The molecule has 0 bridgehead atoms. The molecule has 0 saturated carbocycles. The number of carboxylic acids is 1. The third-order valence-electron chi connectivity index (χ3n) is 2.78. The fraction of sp³-hybridized carbons (Fsp3) is 0.333. The van der Waals surface area contributed by atoms with E-state index in [9.17, 15) is 14.0 Å². The number of anilines is 1. The smallest absolute Gasteiger partial charge is 0.332 e. The Bertz CT molecular complexity index is 522. The number of hydrogen-bond acceptors (Lipinski definition) is 3. The van der Waals surface area contributed by atoms with Gasteiger partial charge in [0.15, 0.2) is 6.10 Å². The lowest BCUT2D eigenvalue weighted by Crippen LogP contribution is -2.30. The van der Waals surface area contributed by atoms with E-state index in [4.69, 9.17) is 9.84 Å². The minimum absolute atomic E-state index is 0.0376. The van der Waals surface area contributed by atoms with Crippen molar-refractivity contribution in [2.24, 2.45) is 0 Å². The lowest BCUT2D eigenvalue weighted by molar-refractivity contribution is -0.150. The molecular weight excluding hydrogens is 321 g/mol. The summed E-state index contributed by atoms with van der Waals surface area (Å²) < 4.78 is 19.2. The maximum Gasteiger partial charge on any atom is 0.332 e. The molecule has 2 rings (SSSR count). The van der Waals surface area contributed by atoms with Gasteiger partial charge in [-0.25, -0.2) is 9.18 Å². The topological polar surface area (TPSA) is 75.6 Å². The molecule has 0 aliphatic carbocycles. The summed E-state index contributed by atoms with van der Waals surface area (Å²) in [6.07, 6.45) is -1.24. The van der Waals surface area contributed by atoms with Crippen molar-refractivity contribution in [3.63, 3.8) is 0 Å². The molecule has 1 fully saturated rings. The van der Waals surface area contributed by atoms with Crippen LogP contribution in [0.15, 0.2) is 22.7 Å². The standard InChI is InChI=1S/C12H11BrFNO4/c13-6-1-2-8(7(14)5-6)15-11(16)9-3-4-10(19-9)12(17)18/h1-2,5,9-10H,3-4H2,(H,15,16)(H,17,18). The highest BCUT2D eigenvalue weighted by Gasteiger charge is 2.34. The van der Waals surface area contributed by atoms with Gasteiger partial charge in [-0.05, 0) is 31.0 Å². The van der Waals surface area contributed by atoms with Crippen LogP contribution in [0.1, 0.15) is 12.8 Å². The summed E-state index contributed by atoms with van der Waals surface area (Å²) in [5.41, 5.74) is 0.0376. The number of aliphatic carboxylic acids is 1. The second-order valence-corrected chi connectivity index (χ2v) is 5.06. The Morgan fingerprint density at radius 2 is 2.05 bits per heavy atom. The first-order chi connectivity index (χ1) is 8.97. The second-order valence-electron chi connectivity index (χ2n) is 4.14. The van der Waals surface area contributed by atoms with Crippen LogP contribution in [0, 0.1) is 5.82 Å². The molecule has 0 aromatic heterocycles. The average molecular weight is 332 g/mol. The number of carbonyl (C=O) groups excluding carboxylic acids is 1. The molecule has 1 aromatic rings. The maximum absolute atomic E-state index is 13.5. The van der Waals surface area contributed by atoms with E-state index in [-0.39, 0.29) is 12.1 Å². The van der Waals surface area contributed by atoms with Crippen LogP contribution in [-0.4, -0.2) is 29.2 Å². The van der Waals surface area contributed by atoms with Gasteiger partial charge in [-0.2, -0.15) is 0 Å². The van der Waals surface area contributed by atoms with E-state index < -0.39 is 29.9 Å². The third-order valence-corrected chi connectivity index (χ3v) is 3.27. The predicted octanol–water partition coefficient (Wildman–Crippen LogP) is 2.16. The number of hydrogen-bond donors (Lipinski definition) is 2. The van der Waals surface area contributed by atoms with Crippen molar-refractivity contribution in [3.05, 3.63) is 28.5 Å². The summed E-state index contributed by atoms with van der Waals surface area (Å²) in [6.45, 7) is 0. The van der Waals surface area contributed by atoms with Crippen molar-refractivity contribution >= 4 is 33.5 Å². The van der Waals surface area contributed by atoms with Crippen LogP contribution in [0.4, 0.5) is 10.1 Å². The minimum atomic E-state index is -1.09. The zero-order chi connectivity index (χ0) is 14.0. The lowest BCUT2D eigenvalue weighted by atomic mass is 10.2. The molecule has 7 heteroatoms. The number of ether oxygens (including phenoxy) is 1. The van der Waals surface area contributed by atoms with Gasteiger partial charge < -0.3 is 15.2 Å². The SMILES string of the molecule is O=C(O)C1CCC(C(=O)Nc2ccc(Br)cc2F)O1. The van der Waals surface area contributed by atoms with Gasteiger partial charge in [0.05, 0.1) is 5.69 Å². The molecule has 1 heterocycles. The number of benzene rings is 1. The van der Waals surface area contributed by atoms with Crippen LogP contribution in [0.25, 0.3) is 0 Å². The van der Waals surface area contributed by atoms with E-state index in [1.165, 1.54) is 12.1 Å². The zero-order valence-corrected chi connectivity index (χ0v) is 11.3. The Morgan fingerprint density at radius 3 is 2.63 bits per heavy atom. The Morgan fingerprint density at radius 1 is 1.37 bits per heavy atom. The molecule has 2 N–H and O–H groups in total. The maximum atomic E-state index is 13.5. The van der Waals surface area contributed by atoms with Crippen molar-refractivity contribution < 1.29 is 23.8 Å². The molecule has 102 valence electrons. The predicted molar refractivity (Wildman–Crippen MR) is 68.3 cm³/mol. The number of nitrogens with one attached hydrogen (secondary N) is 1. The quantitative estimate of drug-likeness (QED) is 0.889. The molecule has 19 heavy (non-hydrogen) atoms. The average Bonchev–Trinajstić information content (AvgIpc) is 2.82. The first-order valence-electron chi connectivity index (χ1n) is 5.61. The van der Waals surface area contributed by atoms with Gasteiger partial charge in [-0.15, -0.1) is 0 Å². The fourth-order valence-electron chi connectivity index (χ4n) is 1.82. The molecule has 0 spiro atoms. The molecule has 1 amide bonds. The summed E-state index contributed by atoms with van der Waals surface area (Å²) in [5, 5.41) is 11.1. The largest absolute Gasteiger partial charge is 0.479 e. The molecular formula is C12H11BrFNO4. The van der Waals surface area contributed by atoms with Crippen LogP contribution in [0.5, 0.6) is 0 Å². The summed E-state index contributed by atoms with van der Waals surface area (Å²) in [5.74, 6) is -2.20. The highest BCUT2D eigenvalue weighted by molar-refractivity contribution is 9.10. The van der Waals surface area contributed by atoms with E-state index in [1.54, 1.807) is 6.07 Å². The molecule has 2 atom stereocenters. The molecule has 2 unspecified atom stereocenters. The number of rotatable bonds is 3. The monoisotopic (exact) mass is 331 g/mol. The summed E-state index contributed by atoms with van der Waals surface area (Å²) >= 11 is 3.11. The van der Waals surface area contributed by atoms with E-state index in [2.05, 4.69) is 21.2 Å². The second kappa shape index (κ2) is 5.66. The van der Waals surface area contributed by atoms with Crippen LogP contribution >= 0.6 is 15.9 Å². The van der Waals surface area contributed by atoms with Gasteiger partial charge in [-0.3, -0.25) is 4.79 Å². The number of carboxylic acid groups (broad SMARTS) is 1. The number of carbonyl (C=O) groups is 2. The number of amides is 1. The summed E-state index contributed by atoms with van der Waals surface area (Å²) in [6, 6.07) is 4.24. The zero-order valence-electron chi connectivity index (χ0n) is 9.73. The van der Waals surface area contributed by atoms with Gasteiger partial charge in [0.1, 0.15) is 11.9 Å². The Balaban J connectivity index is 2.00. The summed E-state index contributed by atoms with van der Waals surface area (Å²) in [7, 11) is 0. The summed E-state index contributed by atoms with van der Waals surface area (Å²) in [4.78, 5) is 22.5. The molecule has 1 aliphatic heterocycles. The Hall–Kier alpha value is -1.47. The van der Waals surface area contributed by atoms with Gasteiger partial charge in [0.25, 0.3) is 5.91 Å². The lowest BCUT2D eigenvalue weighted by Gasteiger charge is -2.12. The van der Waals surface area contributed by atoms with Crippen LogP contribution in [0.2, 0.25) is 0 Å². The normalized spacial score (nSPS) is 22.2. The highest BCUT2D eigenvalue weighted by atomic mass is 79.9. The Kier molecular flexibility index (Phi) is 4.16. The van der Waals surface area contributed by atoms with Gasteiger partial charge in [0.2, 0.25) is 0 Å². The van der Waals surface area contributed by atoms with Crippen LogP contribution < -0.4 is 5.32 Å². The van der Waals surface area contributed by atoms with Gasteiger partial charge in [-0.1, -0.05) is 15.9 Å². The van der Waals surface area contributed by atoms with E-state index in [0.29, 0.717) is 10.9 Å². The number of halogens is 2. The van der Waals surface area contributed by atoms with E-state index >= 15 is 0 Å². The molecule has 1 saturated heterocycles. The van der Waals surface area contributed by atoms with Crippen molar-refractivity contribution in [1.29, 1.82) is 0 Å². The Labute approximate surface area is 116 Å². The van der Waals surface area contributed by atoms with Crippen LogP contribution in [0.3, 0.4) is 0 Å². The minimum Gasteiger partial charge on any atom is -0.479 e. The molecule has 1 aromatic carbocycles. The third kappa shape index (κ3) is 3.30. The van der Waals surface area contributed by atoms with E-state index in [1.807, 2.05) is 0 Å². The molecule has 1 aliphatic rings. The first-order valence-corrected chi connectivity index (χ1v) is 6.41. The van der Waals surface area contributed by atoms with Crippen molar-refractivity contribution in [1.82, 2.24) is 0 Å². The van der Waals surface area contributed by atoms with E-state index in [0.717, 1.165) is 0 Å². The molecule has 5 nitrogen and oxygen atoms in total. The van der Waals surface area contributed by atoms with Crippen molar-refractivity contribution in [3.8, 4) is 0 Å². The first kappa shape index (κ1) is 14.0. The van der Waals surface area contributed by atoms with Gasteiger partial charge >= 0.3 is 5.97 Å². The fourth-order valence-corrected chi connectivity index (χ4v) is 2.15. The van der Waals surface area contributed by atoms with Crippen LogP contribution in [-0.2, 0) is 14.3 Å². The van der Waals surface area contributed by atoms with Crippen molar-refractivity contribution in [2.75, 3.05) is 5.32 Å². The van der Waals surface area contributed by atoms with Crippen molar-refractivity contribution in [2.45, 2.75) is 25.0 Å². The highest BCUT2D eigenvalue weighted by Crippen LogP contribution is 2.23. The molecule has 0 radical (unpaired) electrons.